The summed E-state index contributed by atoms with van der Waals surface area (Å²) in [6.07, 6.45) is 0. The molecule has 0 unspecified atom stereocenters. The van der Waals surface area contributed by atoms with E-state index >= 15 is 0 Å². The molecule has 0 N–H and O–H groups in total. The first-order valence-electron chi connectivity index (χ1n) is 6.51. The topological polar surface area (TPSA) is 98.5 Å². The van der Waals surface area contributed by atoms with Crippen molar-refractivity contribution < 1.29 is 17.4 Å². The van der Waals surface area contributed by atoms with E-state index < -0.39 is 15.8 Å². The van der Waals surface area contributed by atoms with E-state index in [1.807, 2.05) is 17.5 Å². The Morgan fingerprint density at radius 1 is 1.30 bits per heavy atom. The van der Waals surface area contributed by atoms with Gasteiger partial charge in [-0.1, -0.05) is 11.2 Å². The SMILES string of the molecule is CN(C)S(=O)(=O)c1ccc(Cn2c(-c3cccs3)noc2=O)o1. The van der Waals surface area contributed by atoms with Crippen molar-refractivity contribution in [1.82, 2.24) is 14.0 Å². The van der Waals surface area contributed by atoms with Crippen molar-refractivity contribution in [2.24, 2.45) is 0 Å². The Balaban J connectivity index is 1.94. The van der Waals surface area contributed by atoms with Crippen LogP contribution in [0.2, 0.25) is 0 Å². The maximum Gasteiger partial charge on any atom is 0.442 e. The van der Waals surface area contributed by atoms with E-state index in [4.69, 9.17) is 8.94 Å². The van der Waals surface area contributed by atoms with Gasteiger partial charge in [0.1, 0.15) is 5.76 Å². The highest BCUT2D eigenvalue weighted by atomic mass is 32.2. The highest BCUT2D eigenvalue weighted by Gasteiger charge is 2.22. The number of aromatic nitrogens is 2. The fourth-order valence-corrected chi connectivity index (χ4v) is 3.43. The minimum absolute atomic E-state index is 0.0263. The maximum atomic E-state index is 12.0. The van der Waals surface area contributed by atoms with E-state index in [2.05, 4.69) is 5.16 Å². The second kappa shape index (κ2) is 5.80. The summed E-state index contributed by atoms with van der Waals surface area (Å²) in [5.41, 5.74) is 0. The van der Waals surface area contributed by atoms with Crippen LogP contribution < -0.4 is 5.76 Å². The molecule has 0 aliphatic carbocycles. The standard InChI is InChI=1S/C13H13N3O5S2/c1-15(2)23(18,19)11-6-5-9(20-11)8-16-12(14-21-13(16)17)10-4-3-7-22-10/h3-7H,8H2,1-2H3. The molecule has 0 aromatic carbocycles. The third kappa shape index (κ3) is 2.87. The fraction of sp³-hybridized carbons (Fsp3) is 0.231. The van der Waals surface area contributed by atoms with Gasteiger partial charge in [-0.3, -0.25) is 4.52 Å². The first kappa shape index (κ1) is 15.7. The summed E-state index contributed by atoms with van der Waals surface area (Å²) in [5.74, 6) is 0.0498. The maximum absolute atomic E-state index is 12.0. The van der Waals surface area contributed by atoms with Crippen LogP contribution in [-0.2, 0) is 16.6 Å². The molecular weight excluding hydrogens is 342 g/mol. The lowest BCUT2D eigenvalue weighted by atomic mass is 10.4. The van der Waals surface area contributed by atoms with Crippen LogP contribution in [0.15, 0.2) is 48.5 Å². The number of furan rings is 1. The molecule has 0 radical (unpaired) electrons. The summed E-state index contributed by atoms with van der Waals surface area (Å²) in [4.78, 5) is 12.6. The van der Waals surface area contributed by atoms with Gasteiger partial charge in [0.25, 0.3) is 10.0 Å². The second-order valence-corrected chi connectivity index (χ2v) is 7.87. The molecule has 3 heterocycles. The Morgan fingerprint density at radius 2 is 2.09 bits per heavy atom. The van der Waals surface area contributed by atoms with E-state index in [9.17, 15) is 13.2 Å². The second-order valence-electron chi connectivity index (χ2n) is 4.84. The van der Waals surface area contributed by atoms with Gasteiger partial charge in [0.15, 0.2) is 5.82 Å². The van der Waals surface area contributed by atoms with Crippen molar-refractivity contribution in [3.8, 4) is 10.7 Å². The molecule has 3 aromatic rings. The van der Waals surface area contributed by atoms with Crippen molar-refractivity contribution in [2.45, 2.75) is 11.6 Å². The fourth-order valence-electron chi connectivity index (χ4n) is 1.91. The molecule has 122 valence electrons. The molecule has 0 aliphatic heterocycles. The van der Waals surface area contributed by atoms with Crippen LogP contribution in [0, 0.1) is 0 Å². The lowest BCUT2D eigenvalue weighted by Gasteiger charge is -2.07. The Hall–Kier alpha value is -2.17. The zero-order valence-corrected chi connectivity index (χ0v) is 13.9. The number of hydrogen-bond donors (Lipinski definition) is 0. The Kier molecular flexibility index (Phi) is 3.96. The first-order valence-corrected chi connectivity index (χ1v) is 8.83. The monoisotopic (exact) mass is 355 g/mol. The van der Waals surface area contributed by atoms with E-state index in [1.165, 1.54) is 42.1 Å². The summed E-state index contributed by atoms with van der Waals surface area (Å²) in [6.45, 7) is 0.0263. The number of sulfonamides is 1. The number of nitrogens with zero attached hydrogens (tertiary/aromatic N) is 3. The van der Waals surface area contributed by atoms with E-state index in [0.717, 1.165) is 9.18 Å². The average Bonchev–Trinajstić information content (AvgIpc) is 3.21. The molecule has 23 heavy (non-hydrogen) atoms. The van der Waals surface area contributed by atoms with Crippen molar-refractivity contribution in [3.63, 3.8) is 0 Å². The van der Waals surface area contributed by atoms with Gasteiger partial charge in [0.2, 0.25) is 5.09 Å². The van der Waals surface area contributed by atoms with Gasteiger partial charge in [-0.2, -0.15) is 0 Å². The Labute approximate surface area is 135 Å². The van der Waals surface area contributed by atoms with Gasteiger partial charge < -0.3 is 4.42 Å². The van der Waals surface area contributed by atoms with E-state index in [0.29, 0.717) is 11.6 Å². The summed E-state index contributed by atoms with van der Waals surface area (Å²) in [7, 11) is -0.829. The minimum Gasteiger partial charge on any atom is -0.446 e. The van der Waals surface area contributed by atoms with Gasteiger partial charge in [-0.25, -0.2) is 22.1 Å². The number of hydrogen-bond acceptors (Lipinski definition) is 7. The molecule has 0 saturated heterocycles. The lowest BCUT2D eigenvalue weighted by molar-refractivity contribution is 0.365. The molecule has 0 spiro atoms. The van der Waals surface area contributed by atoms with Crippen LogP contribution in [0.3, 0.4) is 0 Å². The highest BCUT2D eigenvalue weighted by molar-refractivity contribution is 7.88. The van der Waals surface area contributed by atoms with Crippen molar-refractivity contribution in [3.05, 3.63) is 46.0 Å². The lowest BCUT2D eigenvalue weighted by Crippen LogP contribution is -2.21. The molecule has 0 amide bonds. The predicted molar refractivity (Wildman–Crippen MR) is 82.8 cm³/mol. The quantitative estimate of drug-likeness (QED) is 0.687. The van der Waals surface area contributed by atoms with Crippen LogP contribution in [0.25, 0.3) is 10.7 Å². The zero-order valence-electron chi connectivity index (χ0n) is 12.3. The predicted octanol–water partition coefficient (Wildman–Crippen LogP) is 1.46. The molecular formula is C13H13N3O5S2. The van der Waals surface area contributed by atoms with Gasteiger partial charge >= 0.3 is 5.76 Å². The van der Waals surface area contributed by atoms with Crippen LogP contribution >= 0.6 is 11.3 Å². The number of thiophene rings is 1. The van der Waals surface area contributed by atoms with Crippen LogP contribution in [0.5, 0.6) is 0 Å². The molecule has 0 aliphatic rings. The molecule has 0 bridgehead atoms. The van der Waals surface area contributed by atoms with Crippen LogP contribution in [0.4, 0.5) is 0 Å². The third-order valence-electron chi connectivity index (χ3n) is 3.11. The van der Waals surface area contributed by atoms with Crippen LogP contribution in [-0.4, -0.2) is 36.5 Å². The highest BCUT2D eigenvalue weighted by Crippen LogP contribution is 2.23. The third-order valence-corrected chi connectivity index (χ3v) is 5.67. The van der Waals surface area contributed by atoms with E-state index in [-0.39, 0.29) is 11.6 Å². The van der Waals surface area contributed by atoms with Gasteiger partial charge in [0.05, 0.1) is 11.4 Å². The molecule has 3 aromatic heterocycles. The van der Waals surface area contributed by atoms with E-state index in [1.54, 1.807) is 0 Å². The summed E-state index contributed by atoms with van der Waals surface area (Å²) < 4.78 is 36.4. The summed E-state index contributed by atoms with van der Waals surface area (Å²) in [6, 6.07) is 6.50. The van der Waals surface area contributed by atoms with Crippen LogP contribution in [0.1, 0.15) is 5.76 Å². The van der Waals surface area contributed by atoms with Gasteiger partial charge in [-0.05, 0) is 23.6 Å². The zero-order chi connectivity index (χ0) is 16.6. The smallest absolute Gasteiger partial charge is 0.442 e. The van der Waals surface area contributed by atoms with Crippen molar-refractivity contribution >= 4 is 21.4 Å². The molecule has 0 atom stereocenters. The average molecular weight is 355 g/mol. The largest absolute Gasteiger partial charge is 0.446 e. The first-order chi connectivity index (χ1) is 10.9. The summed E-state index contributed by atoms with van der Waals surface area (Å²) in [5, 5.41) is 5.43. The van der Waals surface area contributed by atoms with Crippen molar-refractivity contribution in [1.29, 1.82) is 0 Å². The molecule has 3 rings (SSSR count). The normalized spacial score (nSPS) is 12.1. The molecule has 0 fully saturated rings. The molecule has 8 nitrogen and oxygen atoms in total. The summed E-state index contributed by atoms with van der Waals surface area (Å²) >= 11 is 1.41. The van der Waals surface area contributed by atoms with Gasteiger partial charge in [0, 0.05) is 14.1 Å². The number of rotatable bonds is 5. The Morgan fingerprint density at radius 3 is 2.74 bits per heavy atom. The van der Waals surface area contributed by atoms with Crippen molar-refractivity contribution in [2.75, 3.05) is 14.1 Å². The molecule has 0 saturated carbocycles. The molecule has 10 heteroatoms. The van der Waals surface area contributed by atoms with Gasteiger partial charge in [-0.15, -0.1) is 11.3 Å². The minimum atomic E-state index is -3.66. The Bertz CT molecular complexity index is 964.